The number of nitrogens with zero attached hydrogens (tertiary/aromatic N) is 1. The lowest BCUT2D eigenvalue weighted by atomic mass is 9.91. The highest BCUT2D eigenvalue weighted by Gasteiger charge is 2.07. The summed E-state index contributed by atoms with van der Waals surface area (Å²) in [4.78, 5) is 2.12. The van der Waals surface area contributed by atoms with Crippen molar-refractivity contribution in [2.24, 2.45) is 0 Å². The molecule has 1 aliphatic heterocycles. The van der Waals surface area contributed by atoms with E-state index in [-0.39, 0.29) is 0 Å². The molecule has 0 fully saturated rings. The van der Waals surface area contributed by atoms with E-state index < -0.39 is 0 Å². The third-order valence-electron chi connectivity index (χ3n) is 1.90. The second-order valence-corrected chi connectivity index (χ2v) is 3.10. The Morgan fingerprint density at radius 1 is 1.58 bits per heavy atom. The maximum Gasteiger partial charge on any atom is 0.141 e. The summed E-state index contributed by atoms with van der Waals surface area (Å²) >= 11 is 0. The van der Waals surface area contributed by atoms with E-state index in [1.54, 1.807) is 0 Å². The third kappa shape index (κ3) is 1.70. The summed E-state index contributed by atoms with van der Waals surface area (Å²) in [6.07, 6.45) is 8.13. The van der Waals surface area contributed by atoms with Gasteiger partial charge in [-0.05, 0) is 24.8 Å². The minimum atomic E-state index is 1.22. The Kier molecular flexibility index (Phi) is 2.59. The van der Waals surface area contributed by atoms with Crippen molar-refractivity contribution in [1.29, 1.82) is 0 Å². The van der Waals surface area contributed by atoms with Crippen LogP contribution >= 0.6 is 0 Å². The van der Waals surface area contributed by atoms with Gasteiger partial charge in [-0.3, -0.25) is 0 Å². The maximum atomic E-state index is 3.69. The predicted molar refractivity (Wildman–Crippen MR) is 56.4 cm³/mol. The lowest BCUT2D eigenvalue weighted by Crippen LogP contribution is -2.15. The number of rotatable bonds is 1. The molecule has 62 valence electrons. The van der Waals surface area contributed by atoms with Crippen molar-refractivity contribution in [3.8, 4) is 0 Å². The Labute approximate surface area is 75.2 Å². The Morgan fingerprint density at radius 3 is 2.75 bits per heavy atom. The van der Waals surface area contributed by atoms with E-state index in [2.05, 4.69) is 45.6 Å². The number of hydrogen-bond donors (Lipinski definition) is 0. The highest BCUT2D eigenvalue weighted by atomic mass is 15.1. The van der Waals surface area contributed by atoms with Gasteiger partial charge < -0.3 is 4.90 Å². The van der Waals surface area contributed by atoms with Crippen LogP contribution in [0.1, 0.15) is 6.92 Å². The van der Waals surface area contributed by atoms with Crippen molar-refractivity contribution < 1.29 is 0 Å². The van der Waals surface area contributed by atoms with E-state index in [9.17, 15) is 0 Å². The molecule has 2 heteroatoms. The Bertz CT molecular complexity index is 284. The van der Waals surface area contributed by atoms with Gasteiger partial charge in [0.2, 0.25) is 0 Å². The summed E-state index contributed by atoms with van der Waals surface area (Å²) in [6.45, 7) is 5.81. The average molecular weight is 159 g/mol. The van der Waals surface area contributed by atoms with Gasteiger partial charge in [-0.15, -0.1) is 0 Å². The van der Waals surface area contributed by atoms with E-state index in [0.717, 1.165) is 0 Å². The predicted octanol–water partition coefficient (Wildman–Crippen LogP) is 1.42. The molecule has 1 nitrogen and oxygen atoms in total. The molecule has 1 aliphatic rings. The first-order valence-electron chi connectivity index (χ1n) is 4.08. The molecular formula is C10H14BN. The molecule has 0 bridgehead atoms. The van der Waals surface area contributed by atoms with Crippen LogP contribution in [-0.4, -0.2) is 19.8 Å². The lowest BCUT2D eigenvalue weighted by molar-refractivity contribution is 0.571. The fourth-order valence-electron chi connectivity index (χ4n) is 1.47. The molecule has 1 rings (SSSR count). The molecule has 0 saturated heterocycles. The second kappa shape index (κ2) is 3.48. The van der Waals surface area contributed by atoms with Gasteiger partial charge in [-0.2, -0.15) is 0 Å². The van der Waals surface area contributed by atoms with Gasteiger partial charge in [0, 0.05) is 12.7 Å². The molecule has 0 atom stereocenters. The fraction of sp³-hybridized carbons (Fsp3) is 0.200. The molecule has 0 aliphatic carbocycles. The molecule has 0 unspecified atom stereocenters. The molecule has 0 radical (unpaired) electrons. The first-order valence-corrected chi connectivity index (χ1v) is 4.08. The number of likely N-dealkylation sites (N-methyl/N-ethyl adjacent to an activating group) is 1. The van der Waals surface area contributed by atoms with Crippen LogP contribution in [0.4, 0.5) is 0 Å². The van der Waals surface area contributed by atoms with Crippen LogP contribution in [0.5, 0.6) is 0 Å². The van der Waals surface area contributed by atoms with Gasteiger partial charge in [-0.1, -0.05) is 24.2 Å². The Balaban J connectivity index is 3.02. The van der Waals surface area contributed by atoms with E-state index >= 15 is 0 Å². The molecule has 0 aromatic rings. The number of allylic oxidation sites excluding steroid dienone is 5. The van der Waals surface area contributed by atoms with Crippen molar-refractivity contribution in [3.05, 3.63) is 47.7 Å². The monoisotopic (exact) mass is 159 g/mol. The van der Waals surface area contributed by atoms with Crippen LogP contribution in [0.2, 0.25) is 0 Å². The standard InChI is InChI=1S/C10H14BN/c1-4-5-10-8(2)6-9(11)7-12(10)3/h4-7H,1,11H2,2-3H3/b10-5-. The summed E-state index contributed by atoms with van der Waals surface area (Å²) in [6, 6.07) is 0. The van der Waals surface area contributed by atoms with Crippen LogP contribution in [0.15, 0.2) is 47.7 Å². The number of hydrogen-bond acceptors (Lipinski definition) is 1. The minimum Gasteiger partial charge on any atom is -0.351 e. The van der Waals surface area contributed by atoms with Gasteiger partial charge >= 0.3 is 0 Å². The summed E-state index contributed by atoms with van der Waals surface area (Å²) in [5.41, 5.74) is 3.80. The van der Waals surface area contributed by atoms with Gasteiger partial charge in [0.15, 0.2) is 0 Å². The van der Waals surface area contributed by atoms with Crippen LogP contribution in [0, 0.1) is 0 Å². The first kappa shape index (κ1) is 8.92. The largest absolute Gasteiger partial charge is 0.351 e. The highest BCUT2D eigenvalue weighted by Crippen LogP contribution is 2.20. The average Bonchev–Trinajstić information content (AvgIpc) is 1.96. The van der Waals surface area contributed by atoms with Crippen molar-refractivity contribution in [2.75, 3.05) is 7.05 Å². The van der Waals surface area contributed by atoms with E-state index in [1.165, 1.54) is 16.7 Å². The van der Waals surface area contributed by atoms with Crippen molar-refractivity contribution >= 4 is 7.85 Å². The molecular weight excluding hydrogens is 145 g/mol. The molecule has 12 heavy (non-hydrogen) atoms. The van der Waals surface area contributed by atoms with Gasteiger partial charge in [-0.25, -0.2) is 0 Å². The van der Waals surface area contributed by atoms with Crippen LogP contribution in [0.25, 0.3) is 0 Å². The van der Waals surface area contributed by atoms with Crippen molar-refractivity contribution in [3.63, 3.8) is 0 Å². The van der Waals surface area contributed by atoms with E-state index in [4.69, 9.17) is 0 Å². The Morgan fingerprint density at radius 2 is 2.25 bits per heavy atom. The Hall–Kier alpha value is -1.18. The third-order valence-corrected chi connectivity index (χ3v) is 1.90. The van der Waals surface area contributed by atoms with Crippen LogP contribution in [-0.2, 0) is 0 Å². The lowest BCUT2D eigenvalue weighted by Gasteiger charge is -2.24. The molecule has 0 saturated carbocycles. The molecule has 0 aromatic carbocycles. The normalized spacial score (nSPS) is 20.5. The fourth-order valence-corrected chi connectivity index (χ4v) is 1.47. The smallest absolute Gasteiger partial charge is 0.141 e. The van der Waals surface area contributed by atoms with Gasteiger partial charge in [0.1, 0.15) is 7.85 Å². The molecule has 1 heterocycles. The zero-order valence-electron chi connectivity index (χ0n) is 7.96. The maximum absolute atomic E-state index is 3.69. The van der Waals surface area contributed by atoms with E-state index in [1.807, 2.05) is 12.2 Å². The molecule has 0 spiro atoms. The topological polar surface area (TPSA) is 3.24 Å². The van der Waals surface area contributed by atoms with E-state index in [0.29, 0.717) is 0 Å². The quantitative estimate of drug-likeness (QED) is 0.523. The van der Waals surface area contributed by atoms with Crippen molar-refractivity contribution in [1.82, 2.24) is 4.90 Å². The zero-order valence-corrected chi connectivity index (χ0v) is 7.96. The first-order chi connectivity index (χ1) is 5.65. The van der Waals surface area contributed by atoms with Crippen LogP contribution in [0.3, 0.4) is 0 Å². The van der Waals surface area contributed by atoms with Crippen molar-refractivity contribution in [2.45, 2.75) is 6.92 Å². The minimum absolute atomic E-state index is 1.22. The van der Waals surface area contributed by atoms with Gasteiger partial charge in [0.05, 0.1) is 0 Å². The zero-order chi connectivity index (χ0) is 9.14. The molecule has 0 amide bonds. The SMILES string of the molecule is BC1=CN(C)/C(=C\C=C)C(C)=C1. The second-order valence-electron chi connectivity index (χ2n) is 3.10. The summed E-state index contributed by atoms with van der Waals surface area (Å²) < 4.78 is 0. The van der Waals surface area contributed by atoms with Crippen LogP contribution < -0.4 is 0 Å². The summed E-state index contributed by atoms with van der Waals surface area (Å²) in [7, 11) is 4.15. The molecule has 0 aromatic heterocycles. The summed E-state index contributed by atoms with van der Waals surface area (Å²) in [5, 5.41) is 0. The highest BCUT2D eigenvalue weighted by molar-refractivity contribution is 6.23. The van der Waals surface area contributed by atoms with Gasteiger partial charge in [0.25, 0.3) is 0 Å². The molecule has 0 N–H and O–H groups in total. The summed E-state index contributed by atoms with van der Waals surface area (Å²) in [5.74, 6) is 0.